The first-order valence-corrected chi connectivity index (χ1v) is 11.4. The zero-order valence-electron chi connectivity index (χ0n) is 18.3. The number of fused-ring (bicyclic) bond motifs is 1. The number of nitrogens with zero attached hydrogens (tertiary/aromatic N) is 3. The SMILES string of the molecule is O=C(O)c1cn(C2CC2)c2c(C(F)(F)F)c(N3CCN(c4cccc(Cl)c4)CC3)c(F)cc2c1=O. The third kappa shape index (κ3) is 4.20. The Morgan fingerprint density at radius 1 is 1.06 bits per heavy atom. The molecule has 1 aliphatic heterocycles. The smallest absolute Gasteiger partial charge is 0.420 e. The zero-order valence-corrected chi connectivity index (χ0v) is 19.0. The van der Waals surface area contributed by atoms with Crippen molar-refractivity contribution in [3.8, 4) is 0 Å². The largest absolute Gasteiger partial charge is 0.477 e. The molecule has 2 aliphatic rings. The number of hydrogen-bond donors (Lipinski definition) is 1. The highest BCUT2D eigenvalue weighted by atomic mass is 35.5. The minimum atomic E-state index is -4.98. The zero-order chi connectivity index (χ0) is 25.1. The Bertz CT molecular complexity index is 1390. The van der Waals surface area contributed by atoms with E-state index in [9.17, 15) is 27.9 Å². The summed E-state index contributed by atoms with van der Waals surface area (Å²) in [5, 5.41) is 9.34. The summed E-state index contributed by atoms with van der Waals surface area (Å²) in [6, 6.07) is 7.46. The highest BCUT2D eigenvalue weighted by Gasteiger charge is 2.42. The Morgan fingerprint density at radius 3 is 2.29 bits per heavy atom. The number of rotatable bonds is 4. The maximum absolute atomic E-state index is 15.4. The van der Waals surface area contributed by atoms with E-state index in [2.05, 4.69) is 0 Å². The van der Waals surface area contributed by atoms with Gasteiger partial charge in [-0.2, -0.15) is 13.2 Å². The molecule has 1 N–H and O–H groups in total. The molecule has 184 valence electrons. The van der Waals surface area contributed by atoms with Crippen LogP contribution in [0.4, 0.5) is 28.9 Å². The van der Waals surface area contributed by atoms with Crippen molar-refractivity contribution >= 4 is 39.8 Å². The van der Waals surface area contributed by atoms with Crippen LogP contribution in [0.1, 0.15) is 34.8 Å². The van der Waals surface area contributed by atoms with E-state index in [-0.39, 0.29) is 19.1 Å². The lowest BCUT2D eigenvalue weighted by Gasteiger charge is -2.38. The average molecular weight is 510 g/mol. The van der Waals surface area contributed by atoms with Crippen LogP contribution >= 0.6 is 11.6 Å². The molecule has 5 rings (SSSR count). The first-order valence-electron chi connectivity index (χ1n) is 11.0. The molecule has 0 amide bonds. The van der Waals surface area contributed by atoms with Gasteiger partial charge >= 0.3 is 12.1 Å². The van der Waals surface area contributed by atoms with Gasteiger partial charge in [0, 0.05) is 49.1 Å². The standard InChI is InChI=1S/C24H20ClF4N3O3/c25-13-2-1-3-15(10-13)30-6-8-31(9-7-30)21-18(26)11-16-20(19(21)24(27,28)29)32(14-4-5-14)12-17(22(16)33)23(34)35/h1-3,10-12,14H,4-9H2,(H,34,35). The molecule has 1 saturated carbocycles. The Hall–Kier alpha value is -3.27. The molecule has 0 atom stereocenters. The summed E-state index contributed by atoms with van der Waals surface area (Å²) in [6.45, 7) is 0.892. The molecule has 0 radical (unpaired) electrons. The molecule has 1 saturated heterocycles. The number of carbonyl (C=O) groups is 1. The molecular weight excluding hydrogens is 490 g/mol. The van der Waals surface area contributed by atoms with E-state index in [1.165, 1.54) is 9.47 Å². The van der Waals surface area contributed by atoms with Crippen LogP contribution in [-0.4, -0.2) is 41.8 Å². The molecule has 6 nitrogen and oxygen atoms in total. The van der Waals surface area contributed by atoms with Crippen LogP contribution in [0.25, 0.3) is 10.9 Å². The fourth-order valence-electron chi connectivity index (χ4n) is 4.71. The van der Waals surface area contributed by atoms with Crippen molar-refractivity contribution in [3.63, 3.8) is 0 Å². The summed E-state index contributed by atoms with van der Waals surface area (Å²) < 4.78 is 60.1. The van der Waals surface area contributed by atoms with Gasteiger partial charge in [0.1, 0.15) is 16.9 Å². The summed E-state index contributed by atoms with van der Waals surface area (Å²) >= 11 is 6.05. The Kier molecular flexibility index (Phi) is 5.66. The number of carboxylic acids is 1. The molecule has 0 unspecified atom stereocenters. The van der Waals surface area contributed by atoms with Crippen molar-refractivity contribution in [1.82, 2.24) is 4.57 Å². The number of pyridine rings is 1. The van der Waals surface area contributed by atoms with Gasteiger partial charge in [-0.05, 0) is 37.1 Å². The van der Waals surface area contributed by atoms with Crippen molar-refractivity contribution in [1.29, 1.82) is 0 Å². The molecule has 1 aromatic heterocycles. The molecule has 2 aromatic carbocycles. The van der Waals surface area contributed by atoms with Crippen molar-refractivity contribution in [3.05, 3.63) is 68.7 Å². The van der Waals surface area contributed by atoms with Crippen LogP contribution < -0.4 is 15.2 Å². The fraction of sp³-hybridized carbons (Fsp3) is 0.333. The van der Waals surface area contributed by atoms with Crippen LogP contribution in [-0.2, 0) is 6.18 Å². The van der Waals surface area contributed by atoms with Gasteiger partial charge in [0.05, 0.1) is 16.6 Å². The molecule has 0 bridgehead atoms. The van der Waals surface area contributed by atoms with Crippen LogP contribution in [0.3, 0.4) is 0 Å². The molecule has 2 fully saturated rings. The summed E-state index contributed by atoms with van der Waals surface area (Å²) in [7, 11) is 0. The average Bonchev–Trinajstić information content (AvgIpc) is 3.63. The summed E-state index contributed by atoms with van der Waals surface area (Å²) in [6.07, 6.45) is -2.94. The molecule has 1 aliphatic carbocycles. The molecule has 2 heterocycles. The second-order valence-corrected chi connectivity index (χ2v) is 9.18. The summed E-state index contributed by atoms with van der Waals surface area (Å²) in [4.78, 5) is 27.6. The number of piperazine rings is 1. The van der Waals surface area contributed by atoms with Crippen molar-refractivity contribution in [2.45, 2.75) is 25.1 Å². The first-order chi connectivity index (χ1) is 16.6. The predicted octanol–water partition coefficient (Wildman–Crippen LogP) is 5.17. The van der Waals surface area contributed by atoms with Gasteiger partial charge in [0.25, 0.3) is 0 Å². The van der Waals surface area contributed by atoms with E-state index < -0.39 is 51.1 Å². The molecule has 3 aromatic rings. The van der Waals surface area contributed by atoms with E-state index in [1.807, 2.05) is 11.0 Å². The lowest BCUT2D eigenvalue weighted by Crippen LogP contribution is -2.47. The first kappa shape index (κ1) is 23.5. The number of aromatic carboxylic acids is 1. The van der Waals surface area contributed by atoms with Crippen LogP contribution in [0.15, 0.2) is 41.3 Å². The van der Waals surface area contributed by atoms with Crippen molar-refractivity contribution in [2.75, 3.05) is 36.0 Å². The number of halogens is 5. The van der Waals surface area contributed by atoms with E-state index in [1.54, 1.807) is 18.2 Å². The maximum atomic E-state index is 15.4. The number of alkyl halides is 3. The van der Waals surface area contributed by atoms with Gasteiger partial charge in [0.2, 0.25) is 5.43 Å². The van der Waals surface area contributed by atoms with Crippen LogP contribution in [0, 0.1) is 5.82 Å². The Balaban J connectivity index is 1.64. The van der Waals surface area contributed by atoms with Gasteiger partial charge in [0.15, 0.2) is 0 Å². The fourth-order valence-corrected chi connectivity index (χ4v) is 4.89. The number of aromatic nitrogens is 1. The Labute approximate surface area is 201 Å². The molecule has 35 heavy (non-hydrogen) atoms. The second-order valence-electron chi connectivity index (χ2n) is 8.75. The van der Waals surface area contributed by atoms with Crippen molar-refractivity contribution < 1.29 is 27.5 Å². The van der Waals surface area contributed by atoms with Gasteiger partial charge in [-0.3, -0.25) is 4.79 Å². The predicted molar refractivity (Wildman–Crippen MR) is 124 cm³/mol. The topological polar surface area (TPSA) is 65.8 Å². The number of carboxylic acid groups (broad SMARTS) is 1. The number of anilines is 2. The number of benzene rings is 2. The minimum absolute atomic E-state index is 0.110. The summed E-state index contributed by atoms with van der Waals surface area (Å²) in [5.41, 5.74) is -3.33. The normalized spacial score (nSPS) is 16.7. The third-order valence-electron chi connectivity index (χ3n) is 6.47. The maximum Gasteiger partial charge on any atom is 0.420 e. The van der Waals surface area contributed by atoms with Crippen molar-refractivity contribution in [2.24, 2.45) is 0 Å². The van der Waals surface area contributed by atoms with E-state index in [0.29, 0.717) is 31.0 Å². The van der Waals surface area contributed by atoms with E-state index in [4.69, 9.17) is 11.6 Å². The van der Waals surface area contributed by atoms with Crippen LogP contribution in [0.5, 0.6) is 0 Å². The van der Waals surface area contributed by atoms with Gasteiger partial charge in [-0.25, -0.2) is 9.18 Å². The lowest BCUT2D eigenvalue weighted by atomic mass is 10.0. The second kappa shape index (κ2) is 8.44. The summed E-state index contributed by atoms with van der Waals surface area (Å²) in [5.74, 6) is -2.77. The molecule has 0 spiro atoms. The highest BCUT2D eigenvalue weighted by molar-refractivity contribution is 6.30. The quantitative estimate of drug-likeness (QED) is 0.491. The van der Waals surface area contributed by atoms with Crippen LogP contribution in [0.2, 0.25) is 5.02 Å². The highest BCUT2D eigenvalue weighted by Crippen LogP contribution is 2.46. The number of hydrogen-bond acceptors (Lipinski definition) is 4. The minimum Gasteiger partial charge on any atom is -0.477 e. The van der Waals surface area contributed by atoms with E-state index in [0.717, 1.165) is 18.0 Å². The third-order valence-corrected chi connectivity index (χ3v) is 6.70. The Morgan fingerprint density at radius 2 is 1.71 bits per heavy atom. The lowest BCUT2D eigenvalue weighted by molar-refractivity contribution is -0.136. The van der Waals surface area contributed by atoms with E-state index >= 15 is 4.39 Å². The van der Waals surface area contributed by atoms with Gasteiger partial charge < -0.3 is 19.5 Å². The monoisotopic (exact) mass is 509 g/mol. The molecule has 11 heteroatoms. The van der Waals surface area contributed by atoms with Gasteiger partial charge in [-0.1, -0.05) is 17.7 Å². The van der Waals surface area contributed by atoms with Gasteiger partial charge in [-0.15, -0.1) is 0 Å². The molecular formula is C24H20ClF4N3O3.